The highest BCUT2D eigenvalue weighted by molar-refractivity contribution is 8.00. The smallest absolute Gasteiger partial charge is 0.270 e. The monoisotopic (exact) mass is 393 g/mol. The summed E-state index contributed by atoms with van der Waals surface area (Å²) in [5.74, 6) is 0.706. The van der Waals surface area contributed by atoms with Gasteiger partial charge in [-0.3, -0.25) is 19.4 Å². The molecule has 1 amide bonds. The molecule has 6 nitrogen and oxygen atoms in total. The first kappa shape index (κ1) is 17.5. The molecule has 2 aliphatic rings. The van der Waals surface area contributed by atoms with Crippen molar-refractivity contribution in [2.45, 2.75) is 43.4 Å². The fraction of sp³-hybridized carbons (Fsp3) is 0.444. The Balaban J connectivity index is 1.82. The summed E-state index contributed by atoms with van der Waals surface area (Å²) < 4.78 is 1.86. The zero-order chi connectivity index (χ0) is 18.3. The lowest BCUT2D eigenvalue weighted by molar-refractivity contribution is -0.113. The second-order valence-electron chi connectivity index (χ2n) is 6.82. The van der Waals surface area contributed by atoms with E-state index in [0.717, 1.165) is 31.2 Å². The molecule has 0 spiro atoms. The van der Waals surface area contributed by atoms with Gasteiger partial charge in [-0.05, 0) is 30.5 Å². The Morgan fingerprint density at radius 3 is 2.69 bits per heavy atom. The Morgan fingerprint density at radius 2 is 1.96 bits per heavy atom. The molecule has 1 fully saturated rings. The number of nitrogens with one attached hydrogen (secondary N) is 2. The van der Waals surface area contributed by atoms with Crippen molar-refractivity contribution < 1.29 is 9.90 Å². The van der Waals surface area contributed by atoms with Gasteiger partial charge in [0.05, 0.1) is 27.6 Å². The van der Waals surface area contributed by atoms with E-state index < -0.39 is 0 Å². The van der Waals surface area contributed by atoms with Gasteiger partial charge in [0.2, 0.25) is 5.91 Å². The highest BCUT2D eigenvalue weighted by Gasteiger charge is 2.32. The lowest BCUT2D eigenvalue weighted by Crippen LogP contribution is -2.21. The van der Waals surface area contributed by atoms with Crippen LogP contribution in [0, 0.1) is 0 Å². The molecule has 1 saturated carbocycles. The van der Waals surface area contributed by atoms with Crippen molar-refractivity contribution in [2.75, 3.05) is 11.1 Å². The van der Waals surface area contributed by atoms with Crippen LogP contribution in [0.1, 0.15) is 54.5 Å². The van der Waals surface area contributed by atoms with Crippen molar-refractivity contribution in [2.24, 2.45) is 0 Å². The van der Waals surface area contributed by atoms with Crippen LogP contribution in [0.15, 0.2) is 23.0 Å². The standard InChI is InChI=1S/C18H20ClN3O3S/c19-12-8-10(6-7-13(12)23)16-15-17(20-14(24)9-26-16)22(21-18(15)25)11-4-2-1-3-5-11/h6-8,11,16,23H,1-5,9H2,(H,20,24)(H,21,25)/t16-/m0/s1. The minimum atomic E-state index is -0.323. The van der Waals surface area contributed by atoms with Crippen LogP contribution in [0.5, 0.6) is 5.75 Å². The van der Waals surface area contributed by atoms with E-state index in [4.69, 9.17) is 11.6 Å². The minimum Gasteiger partial charge on any atom is -0.506 e. The first-order valence-electron chi connectivity index (χ1n) is 8.79. The second kappa shape index (κ2) is 7.04. The number of amides is 1. The number of aromatic amines is 1. The van der Waals surface area contributed by atoms with Gasteiger partial charge < -0.3 is 10.4 Å². The van der Waals surface area contributed by atoms with Crippen LogP contribution in [0.4, 0.5) is 5.82 Å². The normalized spacial score (nSPS) is 21.1. The zero-order valence-electron chi connectivity index (χ0n) is 14.1. The van der Waals surface area contributed by atoms with Crippen molar-refractivity contribution in [1.82, 2.24) is 9.78 Å². The van der Waals surface area contributed by atoms with E-state index in [1.54, 1.807) is 12.1 Å². The molecule has 4 rings (SSSR count). The van der Waals surface area contributed by atoms with Crippen LogP contribution < -0.4 is 10.9 Å². The van der Waals surface area contributed by atoms with Gasteiger partial charge in [0.25, 0.3) is 5.56 Å². The summed E-state index contributed by atoms with van der Waals surface area (Å²) in [6.07, 6.45) is 5.45. The number of phenolic OH excluding ortho intramolecular Hbond substituents is 1. The molecule has 8 heteroatoms. The Bertz CT molecular complexity index is 902. The molecule has 138 valence electrons. The van der Waals surface area contributed by atoms with Crippen molar-refractivity contribution in [3.05, 3.63) is 44.7 Å². The van der Waals surface area contributed by atoms with Crippen LogP contribution in [0.25, 0.3) is 0 Å². The number of hydrogen-bond donors (Lipinski definition) is 3. The average Bonchev–Trinajstić information content (AvgIpc) is 2.84. The van der Waals surface area contributed by atoms with E-state index in [-0.39, 0.29) is 39.3 Å². The third-order valence-corrected chi connectivity index (χ3v) is 6.65. The number of hydrogen-bond acceptors (Lipinski definition) is 4. The van der Waals surface area contributed by atoms with E-state index in [1.807, 2.05) is 4.68 Å². The second-order valence-corrected chi connectivity index (χ2v) is 8.32. The van der Waals surface area contributed by atoms with Gasteiger partial charge >= 0.3 is 0 Å². The topological polar surface area (TPSA) is 87.1 Å². The highest BCUT2D eigenvalue weighted by atomic mass is 35.5. The zero-order valence-corrected chi connectivity index (χ0v) is 15.7. The van der Waals surface area contributed by atoms with E-state index in [1.165, 1.54) is 24.2 Å². The molecule has 0 saturated heterocycles. The lowest BCUT2D eigenvalue weighted by Gasteiger charge is -2.24. The van der Waals surface area contributed by atoms with Crippen LogP contribution in [0.3, 0.4) is 0 Å². The van der Waals surface area contributed by atoms with Crippen molar-refractivity contribution in [1.29, 1.82) is 0 Å². The van der Waals surface area contributed by atoms with Crippen LogP contribution in [-0.2, 0) is 4.79 Å². The number of fused-ring (bicyclic) bond motifs is 1. The molecule has 3 N–H and O–H groups in total. The third-order valence-electron chi connectivity index (χ3n) is 5.08. The maximum Gasteiger partial charge on any atom is 0.270 e. The maximum atomic E-state index is 12.8. The number of phenols is 1. The predicted molar refractivity (Wildman–Crippen MR) is 103 cm³/mol. The summed E-state index contributed by atoms with van der Waals surface area (Å²) >= 11 is 7.45. The molecule has 0 unspecified atom stereocenters. The largest absolute Gasteiger partial charge is 0.506 e. The maximum absolute atomic E-state index is 12.8. The number of H-pyrrole nitrogens is 1. The fourth-order valence-electron chi connectivity index (χ4n) is 3.81. The number of nitrogens with zero attached hydrogens (tertiary/aromatic N) is 1. The van der Waals surface area contributed by atoms with Crippen LogP contribution in [-0.4, -0.2) is 26.5 Å². The van der Waals surface area contributed by atoms with Gasteiger partial charge in [0, 0.05) is 0 Å². The van der Waals surface area contributed by atoms with Crippen LogP contribution in [0.2, 0.25) is 5.02 Å². The van der Waals surface area contributed by atoms with Crippen molar-refractivity contribution >= 4 is 35.1 Å². The first-order chi connectivity index (χ1) is 12.5. The molecule has 1 aliphatic carbocycles. The number of anilines is 1. The van der Waals surface area contributed by atoms with E-state index in [2.05, 4.69) is 10.4 Å². The molecular formula is C18H20ClN3O3S. The van der Waals surface area contributed by atoms with Gasteiger partial charge in [-0.15, -0.1) is 11.8 Å². The minimum absolute atomic E-state index is 0.00264. The summed E-state index contributed by atoms with van der Waals surface area (Å²) in [7, 11) is 0. The van der Waals surface area contributed by atoms with Crippen molar-refractivity contribution in [3.8, 4) is 5.75 Å². The van der Waals surface area contributed by atoms with Gasteiger partial charge in [-0.2, -0.15) is 0 Å². The van der Waals surface area contributed by atoms with Gasteiger partial charge in [0.15, 0.2) is 0 Å². The average molecular weight is 394 g/mol. The quantitative estimate of drug-likeness (QED) is 0.723. The Labute approximate surface area is 159 Å². The number of rotatable bonds is 2. The summed E-state index contributed by atoms with van der Waals surface area (Å²) in [4.78, 5) is 25.1. The number of aromatic hydroxyl groups is 1. The Hall–Kier alpha value is -1.86. The number of halogens is 1. The number of carbonyl (C=O) groups excluding carboxylic acids is 1. The van der Waals surface area contributed by atoms with E-state index in [9.17, 15) is 14.7 Å². The number of carbonyl (C=O) groups is 1. The molecule has 1 aromatic heterocycles. The Kier molecular flexibility index (Phi) is 4.75. The summed E-state index contributed by atoms with van der Waals surface area (Å²) in [6, 6.07) is 5.12. The summed E-state index contributed by atoms with van der Waals surface area (Å²) in [6.45, 7) is 0. The molecule has 0 radical (unpaired) electrons. The van der Waals surface area contributed by atoms with Gasteiger partial charge in [-0.1, -0.05) is 36.9 Å². The predicted octanol–water partition coefficient (Wildman–Crippen LogP) is 3.82. The molecule has 1 aromatic carbocycles. The molecule has 26 heavy (non-hydrogen) atoms. The molecule has 2 aromatic rings. The Morgan fingerprint density at radius 1 is 1.19 bits per heavy atom. The number of aromatic nitrogens is 2. The fourth-order valence-corrected chi connectivity index (χ4v) is 5.11. The summed E-state index contributed by atoms with van der Waals surface area (Å²) in [5, 5.41) is 15.5. The van der Waals surface area contributed by atoms with Crippen LogP contribution >= 0.6 is 23.4 Å². The first-order valence-corrected chi connectivity index (χ1v) is 10.2. The molecule has 1 aliphatic heterocycles. The lowest BCUT2D eigenvalue weighted by atomic mass is 9.95. The van der Waals surface area contributed by atoms with E-state index in [0.29, 0.717) is 11.4 Å². The number of thioether (sulfide) groups is 1. The third kappa shape index (κ3) is 3.14. The SMILES string of the molecule is O=C1CS[C@@H](c2ccc(O)c(Cl)c2)c2c(n(C3CCCCC3)[nH]c2=O)N1. The molecule has 1 atom stereocenters. The highest BCUT2D eigenvalue weighted by Crippen LogP contribution is 2.43. The number of benzene rings is 1. The van der Waals surface area contributed by atoms with Gasteiger partial charge in [0.1, 0.15) is 11.6 Å². The van der Waals surface area contributed by atoms with E-state index >= 15 is 0 Å². The molecule has 2 heterocycles. The van der Waals surface area contributed by atoms with Crippen molar-refractivity contribution in [3.63, 3.8) is 0 Å². The molecular weight excluding hydrogens is 374 g/mol. The summed E-state index contributed by atoms with van der Waals surface area (Å²) in [5.41, 5.74) is 1.16. The molecule has 0 bridgehead atoms. The van der Waals surface area contributed by atoms with Gasteiger partial charge in [-0.25, -0.2) is 0 Å².